The third-order valence-electron chi connectivity index (χ3n) is 4.34. The minimum Gasteiger partial charge on any atom is -0.367 e. The summed E-state index contributed by atoms with van der Waals surface area (Å²) in [7, 11) is 0. The summed E-state index contributed by atoms with van der Waals surface area (Å²) in [6.07, 6.45) is 6.22. The van der Waals surface area contributed by atoms with E-state index >= 15 is 0 Å². The fourth-order valence-electron chi connectivity index (χ4n) is 2.92. The van der Waals surface area contributed by atoms with Gasteiger partial charge in [-0.15, -0.1) is 0 Å². The lowest BCUT2D eigenvalue weighted by atomic mass is 10.2. The number of piperazine rings is 1. The highest BCUT2D eigenvalue weighted by Crippen LogP contribution is 2.16. The highest BCUT2D eigenvalue weighted by atomic mass is 16.2. The number of H-pyrrole nitrogens is 1. The van der Waals surface area contributed by atoms with Crippen molar-refractivity contribution in [2.75, 3.05) is 31.1 Å². The van der Waals surface area contributed by atoms with Gasteiger partial charge in [0.1, 0.15) is 5.82 Å². The number of hydrogen-bond donors (Lipinski definition) is 2. The fraction of sp³-hybridized carbons (Fsp3) is 0.471. The Kier molecular flexibility index (Phi) is 4.98. The van der Waals surface area contributed by atoms with Crippen molar-refractivity contribution in [2.24, 2.45) is 0 Å². The van der Waals surface area contributed by atoms with Crippen LogP contribution in [0.2, 0.25) is 0 Å². The van der Waals surface area contributed by atoms with Crippen molar-refractivity contribution < 1.29 is 4.79 Å². The molecule has 7 nitrogen and oxygen atoms in total. The summed E-state index contributed by atoms with van der Waals surface area (Å²) in [6.45, 7) is 7.04. The number of nitrogens with zero attached hydrogens (tertiary/aromatic N) is 4. The number of pyridine rings is 1. The lowest BCUT2D eigenvalue weighted by Crippen LogP contribution is -2.52. The molecule has 3 rings (SSSR count). The first-order chi connectivity index (χ1) is 11.7. The first kappa shape index (κ1) is 16.3. The number of carbonyl (C=O) groups excluding carboxylic acids is 1. The van der Waals surface area contributed by atoms with E-state index in [4.69, 9.17) is 0 Å². The van der Waals surface area contributed by atoms with Crippen LogP contribution in [-0.4, -0.2) is 52.1 Å². The van der Waals surface area contributed by atoms with Gasteiger partial charge in [0.15, 0.2) is 0 Å². The van der Waals surface area contributed by atoms with Gasteiger partial charge in [0.25, 0.3) is 0 Å². The number of aromatic nitrogens is 3. The van der Waals surface area contributed by atoms with Crippen LogP contribution in [0.4, 0.5) is 10.5 Å². The minimum absolute atomic E-state index is 0.0262. The molecule has 2 aromatic heterocycles. The minimum atomic E-state index is -0.0810. The van der Waals surface area contributed by atoms with Crippen molar-refractivity contribution in [1.29, 1.82) is 0 Å². The smallest absolute Gasteiger partial charge is 0.318 e. The van der Waals surface area contributed by atoms with Gasteiger partial charge in [-0.05, 0) is 25.5 Å². The zero-order valence-electron chi connectivity index (χ0n) is 14.2. The number of carbonyl (C=O) groups is 1. The predicted octanol–water partition coefficient (Wildman–Crippen LogP) is 2.10. The molecule has 3 heterocycles. The molecule has 1 atom stereocenters. The molecular formula is C17H24N6O. The Hall–Kier alpha value is -2.57. The summed E-state index contributed by atoms with van der Waals surface area (Å²) < 4.78 is 0. The number of imidazole rings is 1. The van der Waals surface area contributed by atoms with E-state index in [9.17, 15) is 4.79 Å². The SMILES string of the molecule is CC[C@@H](NC(=O)N1CCN(c2cccnc2)CC1)c1ncc(C)[nH]1. The number of rotatable bonds is 4. The van der Waals surface area contributed by atoms with Crippen LogP contribution in [0, 0.1) is 6.92 Å². The molecule has 0 saturated carbocycles. The number of urea groups is 1. The van der Waals surface area contributed by atoms with E-state index in [1.165, 1.54) is 0 Å². The lowest BCUT2D eigenvalue weighted by molar-refractivity contribution is 0.189. The van der Waals surface area contributed by atoms with Crippen molar-refractivity contribution >= 4 is 11.7 Å². The number of hydrogen-bond acceptors (Lipinski definition) is 4. The molecule has 0 spiro atoms. The van der Waals surface area contributed by atoms with Gasteiger partial charge in [-0.3, -0.25) is 4.98 Å². The zero-order valence-corrected chi connectivity index (χ0v) is 14.2. The standard InChI is InChI=1S/C17H24N6O/c1-3-15(16-19-11-13(2)20-16)21-17(24)23-9-7-22(8-10-23)14-5-4-6-18-12-14/h4-6,11-12,15H,3,7-10H2,1-2H3,(H,19,20)(H,21,24)/t15-/m1/s1. The molecule has 128 valence electrons. The number of nitrogens with one attached hydrogen (secondary N) is 2. The molecule has 1 saturated heterocycles. The molecule has 0 unspecified atom stereocenters. The van der Waals surface area contributed by atoms with Gasteiger partial charge in [-0.25, -0.2) is 9.78 Å². The Labute approximate surface area is 142 Å². The van der Waals surface area contributed by atoms with E-state index in [-0.39, 0.29) is 12.1 Å². The topological polar surface area (TPSA) is 77.2 Å². The molecule has 0 aromatic carbocycles. The van der Waals surface area contributed by atoms with Crippen LogP contribution in [0.1, 0.15) is 30.9 Å². The van der Waals surface area contributed by atoms with Crippen LogP contribution in [0.15, 0.2) is 30.7 Å². The second kappa shape index (κ2) is 7.33. The van der Waals surface area contributed by atoms with E-state index in [0.29, 0.717) is 13.1 Å². The van der Waals surface area contributed by atoms with Gasteiger partial charge in [0, 0.05) is 44.3 Å². The van der Waals surface area contributed by atoms with Gasteiger partial charge in [-0.2, -0.15) is 0 Å². The average molecular weight is 328 g/mol. The normalized spacial score (nSPS) is 16.1. The summed E-state index contributed by atoms with van der Waals surface area (Å²) >= 11 is 0. The van der Waals surface area contributed by atoms with E-state index in [1.807, 2.05) is 31.0 Å². The van der Waals surface area contributed by atoms with E-state index in [1.54, 1.807) is 12.4 Å². The van der Waals surface area contributed by atoms with E-state index in [0.717, 1.165) is 36.7 Å². The van der Waals surface area contributed by atoms with Crippen LogP contribution in [0.3, 0.4) is 0 Å². The zero-order chi connectivity index (χ0) is 16.9. The quantitative estimate of drug-likeness (QED) is 0.901. The lowest BCUT2D eigenvalue weighted by Gasteiger charge is -2.36. The van der Waals surface area contributed by atoms with Crippen molar-refractivity contribution in [2.45, 2.75) is 26.3 Å². The van der Waals surface area contributed by atoms with Gasteiger partial charge in [0.05, 0.1) is 17.9 Å². The molecule has 1 aliphatic rings. The van der Waals surface area contributed by atoms with Crippen LogP contribution in [-0.2, 0) is 0 Å². The maximum Gasteiger partial charge on any atom is 0.318 e. The highest BCUT2D eigenvalue weighted by molar-refractivity contribution is 5.75. The molecule has 2 amide bonds. The number of aryl methyl sites for hydroxylation is 1. The molecule has 0 radical (unpaired) electrons. The first-order valence-electron chi connectivity index (χ1n) is 8.39. The van der Waals surface area contributed by atoms with Crippen LogP contribution in [0.5, 0.6) is 0 Å². The van der Waals surface area contributed by atoms with Crippen molar-refractivity contribution in [3.63, 3.8) is 0 Å². The largest absolute Gasteiger partial charge is 0.367 e. The Bertz CT molecular complexity index is 663. The van der Waals surface area contributed by atoms with Gasteiger partial charge >= 0.3 is 6.03 Å². The Morgan fingerprint density at radius 2 is 2.12 bits per heavy atom. The maximum atomic E-state index is 12.5. The van der Waals surface area contributed by atoms with E-state index < -0.39 is 0 Å². The van der Waals surface area contributed by atoms with E-state index in [2.05, 4.69) is 31.2 Å². The number of aromatic amines is 1. The Morgan fingerprint density at radius 1 is 1.33 bits per heavy atom. The summed E-state index contributed by atoms with van der Waals surface area (Å²) in [5.74, 6) is 0.817. The molecule has 2 N–H and O–H groups in total. The number of amides is 2. The van der Waals surface area contributed by atoms with Gasteiger partial charge in [0.2, 0.25) is 0 Å². The molecule has 1 aliphatic heterocycles. The highest BCUT2D eigenvalue weighted by Gasteiger charge is 2.24. The second-order valence-electron chi connectivity index (χ2n) is 6.05. The second-order valence-corrected chi connectivity index (χ2v) is 6.05. The molecule has 0 bridgehead atoms. The van der Waals surface area contributed by atoms with Gasteiger partial charge in [-0.1, -0.05) is 6.92 Å². The Balaban J connectivity index is 1.55. The molecule has 7 heteroatoms. The molecule has 2 aromatic rings. The first-order valence-corrected chi connectivity index (χ1v) is 8.39. The van der Waals surface area contributed by atoms with Crippen LogP contribution >= 0.6 is 0 Å². The summed E-state index contributed by atoms with van der Waals surface area (Å²) in [5.41, 5.74) is 2.11. The maximum absolute atomic E-state index is 12.5. The Morgan fingerprint density at radius 3 is 2.71 bits per heavy atom. The summed E-state index contributed by atoms with van der Waals surface area (Å²) in [4.78, 5) is 28.3. The molecule has 1 fully saturated rings. The van der Waals surface area contributed by atoms with Crippen molar-refractivity contribution in [1.82, 2.24) is 25.2 Å². The number of anilines is 1. The van der Waals surface area contributed by atoms with Gasteiger partial charge < -0.3 is 20.1 Å². The monoisotopic (exact) mass is 328 g/mol. The summed E-state index contributed by atoms with van der Waals surface area (Å²) in [6, 6.07) is 3.88. The summed E-state index contributed by atoms with van der Waals surface area (Å²) in [5, 5.41) is 3.08. The molecule has 0 aliphatic carbocycles. The molecule has 24 heavy (non-hydrogen) atoms. The van der Waals surface area contributed by atoms with Crippen LogP contribution in [0.25, 0.3) is 0 Å². The van der Waals surface area contributed by atoms with Crippen LogP contribution < -0.4 is 10.2 Å². The van der Waals surface area contributed by atoms with Crippen molar-refractivity contribution in [3.8, 4) is 0 Å². The average Bonchev–Trinajstić information content (AvgIpc) is 3.06. The third kappa shape index (κ3) is 3.67. The fourth-order valence-corrected chi connectivity index (χ4v) is 2.92. The van der Waals surface area contributed by atoms with Crippen molar-refractivity contribution in [3.05, 3.63) is 42.2 Å². The third-order valence-corrected chi connectivity index (χ3v) is 4.34. The molecular weight excluding hydrogens is 304 g/mol. The predicted molar refractivity (Wildman–Crippen MR) is 92.9 cm³/mol.